The number of likely N-dealkylation sites (tertiary alicyclic amines) is 2. The molecule has 0 aromatic heterocycles. The van der Waals surface area contributed by atoms with E-state index in [1.165, 1.54) is 38.2 Å². The zero-order valence-corrected chi connectivity index (χ0v) is 16.2. The molecular formula is C21H28N2O5. The minimum absolute atomic E-state index is 0.132. The van der Waals surface area contributed by atoms with E-state index in [0.29, 0.717) is 24.9 Å². The molecule has 1 saturated carbocycles. The molecule has 0 radical (unpaired) electrons. The van der Waals surface area contributed by atoms with Gasteiger partial charge in [0.05, 0.1) is 18.8 Å². The highest BCUT2D eigenvalue weighted by atomic mass is 16.5. The topological polar surface area (TPSA) is 90.3 Å². The molecule has 0 bridgehead atoms. The van der Waals surface area contributed by atoms with Crippen LogP contribution in [-0.2, 0) is 4.74 Å². The van der Waals surface area contributed by atoms with Crippen molar-refractivity contribution < 1.29 is 24.5 Å². The van der Waals surface area contributed by atoms with Gasteiger partial charge in [-0.2, -0.15) is 0 Å². The maximum Gasteiger partial charge on any atom is 0.338 e. The largest absolute Gasteiger partial charge is 0.508 e. The standard InChI is InChI=1S/C21H28N2O5/c1-28-21(27)14-6-13(7-17(24)8-14)20(26)23-11-15-9-18(22-4-2-3-5-22)19(25)10-16(15)12-23/h6-8,15-16,18-19,24-25H,2-5,9-12H2,1H3/t15-,16+,18-,19-/m1/s1. The average Bonchev–Trinajstić information content (AvgIpc) is 3.34. The van der Waals surface area contributed by atoms with Crippen molar-refractivity contribution in [1.82, 2.24) is 9.80 Å². The summed E-state index contributed by atoms with van der Waals surface area (Å²) in [6, 6.07) is 4.35. The first-order chi connectivity index (χ1) is 13.5. The number of ether oxygens (including phenoxy) is 1. The number of methoxy groups -OCH3 is 1. The lowest BCUT2D eigenvalue weighted by molar-refractivity contribution is -0.000866. The predicted octanol–water partition coefficient (Wildman–Crippen LogP) is 1.49. The third-order valence-corrected chi connectivity index (χ3v) is 6.59. The van der Waals surface area contributed by atoms with Gasteiger partial charge in [0.15, 0.2) is 0 Å². The molecule has 2 N–H and O–H groups in total. The number of aliphatic hydroxyl groups is 1. The maximum atomic E-state index is 13.0. The second-order valence-corrected chi connectivity index (χ2v) is 8.34. The zero-order chi connectivity index (χ0) is 19.8. The van der Waals surface area contributed by atoms with Gasteiger partial charge in [-0.3, -0.25) is 9.69 Å². The number of aromatic hydroxyl groups is 1. The number of amides is 1. The fourth-order valence-electron chi connectivity index (χ4n) is 5.19. The Labute approximate surface area is 164 Å². The van der Waals surface area contributed by atoms with Crippen LogP contribution in [0.1, 0.15) is 46.4 Å². The van der Waals surface area contributed by atoms with Gasteiger partial charge in [0.2, 0.25) is 0 Å². The van der Waals surface area contributed by atoms with Crippen molar-refractivity contribution >= 4 is 11.9 Å². The van der Waals surface area contributed by atoms with Crippen molar-refractivity contribution in [2.75, 3.05) is 33.3 Å². The lowest BCUT2D eigenvalue weighted by Gasteiger charge is -2.40. The Morgan fingerprint density at radius 3 is 2.36 bits per heavy atom. The second kappa shape index (κ2) is 7.72. The van der Waals surface area contributed by atoms with Crippen LogP contribution in [0, 0.1) is 11.8 Å². The monoisotopic (exact) mass is 388 g/mol. The van der Waals surface area contributed by atoms with E-state index in [4.69, 9.17) is 4.74 Å². The van der Waals surface area contributed by atoms with Crippen LogP contribution >= 0.6 is 0 Å². The van der Waals surface area contributed by atoms with Gasteiger partial charge in [-0.25, -0.2) is 4.79 Å². The summed E-state index contributed by atoms with van der Waals surface area (Å²) in [5, 5.41) is 20.6. The third-order valence-electron chi connectivity index (χ3n) is 6.59. The summed E-state index contributed by atoms with van der Waals surface area (Å²) in [6.45, 7) is 3.38. The second-order valence-electron chi connectivity index (χ2n) is 8.34. The number of fused-ring (bicyclic) bond motifs is 1. The summed E-state index contributed by atoms with van der Waals surface area (Å²) in [5.41, 5.74) is 0.447. The molecule has 2 saturated heterocycles. The molecule has 0 spiro atoms. The summed E-state index contributed by atoms with van der Waals surface area (Å²) in [7, 11) is 1.27. The molecule has 1 aliphatic carbocycles. The molecule has 152 valence electrons. The van der Waals surface area contributed by atoms with Crippen molar-refractivity contribution in [1.29, 1.82) is 0 Å². The summed E-state index contributed by atoms with van der Waals surface area (Å²) < 4.78 is 4.69. The lowest BCUT2D eigenvalue weighted by atomic mass is 9.77. The number of aliphatic hydroxyl groups excluding tert-OH is 1. The number of phenols is 1. The molecular weight excluding hydrogens is 360 g/mol. The van der Waals surface area contributed by atoms with Gasteiger partial charge < -0.3 is 19.8 Å². The van der Waals surface area contributed by atoms with Crippen LogP contribution in [0.2, 0.25) is 0 Å². The molecule has 4 rings (SSSR count). The fraction of sp³-hybridized carbons (Fsp3) is 0.619. The number of esters is 1. The highest BCUT2D eigenvalue weighted by Gasteiger charge is 2.45. The molecule has 28 heavy (non-hydrogen) atoms. The molecule has 4 atom stereocenters. The molecule has 0 unspecified atom stereocenters. The van der Waals surface area contributed by atoms with E-state index in [-0.39, 0.29) is 34.9 Å². The van der Waals surface area contributed by atoms with Crippen LogP contribution in [0.15, 0.2) is 18.2 Å². The minimum atomic E-state index is -0.586. The highest BCUT2D eigenvalue weighted by molar-refractivity contribution is 5.98. The van der Waals surface area contributed by atoms with E-state index >= 15 is 0 Å². The maximum absolute atomic E-state index is 13.0. The Balaban J connectivity index is 1.47. The average molecular weight is 388 g/mol. The van der Waals surface area contributed by atoms with Crippen molar-refractivity contribution in [2.45, 2.75) is 37.8 Å². The van der Waals surface area contributed by atoms with Crippen LogP contribution in [0.5, 0.6) is 5.75 Å². The molecule has 1 aromatic rings. The quantitative estimate of drug-likeness (QED) is 0.763. The van der Waals surface area contributed by atoms with Gasteiger partial charge in [0, 0.05) is 24.7 Å². The molecule has 3 aliphatic rings. The van der Waals surface area contributed by atoms with Gasteiger partial charge >= 0.3 is 5.97 Å². The summed E-state index contributed by atoms with van der Waals surface area (Å²) in [4.78, 5) is 29.0. The summed E-state index contributed by atoms with van der Waals surface area (Å²) in [6.07, 6.45) is 3.71. The number of benzene rings is 1. The van der Waals surface area contributed by atoms with Crippen LogP contribution < -0.4 is 0 Å². The number of nitrogens with zero attached hydrogens (tertiary/aromatic N) is 2. The number of phenolic OH excluding ortho intramolecular Hbond substituents is 1. The SMILES string of the molecule is COC(=O)c1cc(O)cc(C(=O)N2C[C@H]3C[C@@H](N4CCCC4)[C@H](O)C[C@H]3C2)c1. The highest BCUT2D eigenvalue weighted by Crippen LogP contribution is 2.39. The van der Waals surface area contributed by atoms with Gasteiger partial charge in [0.25, 0.3) is 5.91 Å². The minimum Gasteiger partial charge on any atom is -0.508 e. The predicted molar refractivity (Wildman–Crippen MR) is 102 cm³/mol. The molecule has 1 amide bonds. The van der Waals surface area contributed by atoms with Crippen LogP contribution in [-0.4, -0.2) is 77.3 Å². The number of rotatable bonds is 3. The molecule has 1 aromatic carbocycles. The number of carbonyl (C=O) groups is 2. The number of carbonyl (C=O) groups excluding carboxylic acids is 2. The molecule has 2 aliphatic heterocycles. The van der Waals surface area contributed by atoms with Crippen molar-refractivity contribution in [3.05, 3.63) is 29.3 Å². The molecule has 7 heteroatoms. The Hall–Kier alpha value is -2.12. The molecule has 7 nitrogen and oxygen atoms in total. The Morgan fingerprint density at radius 1 is 1.04 bits per heavy atom. The van der Waals surface area contributed by atoms with E-state index < -0.39 is 5.97 Å². The Morgan fingerprint density at radius 2 is 1.68 bits per heavy atom. The van der Waals surface area contributed by atoms with E-state index in [2.05, 4.69) is 4.90 Å². The first kappa shape index (κ1) is 19.2. The van der Waals surface area contributed by atoms with E-state index in [9.17, 15) is 19.8 Å². The summed E-state index contributed by atoms with van der Waals surface area (Å²) >= 11 is 0. The summed E-state index contributed by atoms with van der Waals surface area (Å²) in [5.74, 6) is -0.225. The third kappa shape index (κ3) is 3.61. The molecule has 2 heterocycles. The fourth-order valence-corrected chi connectivity index (χ4v) is 5.19. The van der Waals surface area contributed by atoms with Gasteiger partial charge in [-0.15, -0.1) is 0 Å². The van der Waals surface area contributed by atoms with Crippen molar-refractivity contribution in [2.24, 2.45) is 11.8 Å². The Bertz CT molecular complexity index is 761. The van der Waals surface area contributed by atoms with Crippen molar-refractivity contribution in [3.8, 4) is 5.75 Å². The number of hydrogen-bond donors (Lipinski definition) is 2. The van der Waals surface area contributed by atoms with E-state index in [0.717, 1.165) is 25.9 Å². The van der Waals surface area contributed by atoms with Crippen LogP contribution in [0.3, 0.4) is 0 Å². The van der Waals surface area contributed by atoms with Gasteiger partial charge in [0.1, 0.15) is 5.75 Å². The van der Waals surface area contributed by atoms with Crippen LogP contribution in [0.25, 0.3) is 0 Å². The zero-order valence-electron chi connectivity index (χ0n) is 16.2. The smallest absolute Gasteiger partial charge is 0.338 e. The number of hydrogen-bond acceptors (Lipinski definition) is 6. The van der Waals surface area contributed by atoms with E-state index in [1.807, 2.05) is 0 Å². The Kier molecular flexibility index (Phi) is 5.29. The van der Waals surface area contributed by atoms with Gasteiger partial charge in [-0.05, 0) is 68.8 Å². The van der Waals surface area contributed by atoms with Crippen LogP contribution in [0.4, 0.5) is 0 Å². The lowest BCUT2D eigenvalue weighted by Crippen LogP contribution is -2.48. The van der Waals surface area contributed by atoms with Crippen molar-refractivity contribution in [3.63, 3.8) is 0 Å². The first-order valence-corrected chi connectivity index (χ1v) is 10.1. The normalized spacial score (nSPS) is 30.3. The van der Waals surface area contributed by atoms with Gasteiger partial charge in [-0.1, -0.05) is 0 Å². The first-order valence-electron chi connectivity index (χ1n) is 10.1. The molecule has 3 fully saturated rings. The van der Waals surface area contributed by atoms with E-state index in [1.54, 1.807) is 4.90 Å².